The van der Waals surface area contributed by atoms with Crippen LogP contribution in [0, 0.1) is 0 Å². The van der Waals surface area contributed by atoms with Gasteiger partial charge in [-0.25, -0.2) is 0 Å². The lowest BCUT2D eigenvalue weighted by atomic mass is 11.0. The zero-order valence-electron chi connectivity index (χ0n) is 4.23. The van der Waals surface area contributed by atoms with Gasteiger partial charge in [-0.1, -0.05) is 6.92 Å². The summed E-state index contributed by atoms with van der Waals surface area (Å²) in [5.41, 5.74) is 0. The average Bonchev–Trinajstić information content (AvgIpc) is 1.35. The first-order valence-electron chi connectivity index (χ1n) is 1.86. The van der Waals surface area contributed by atoms with Crippen LogP contribution in [0.4, 0.5) is 0 Å². The maximum atomic E-state index is 10.4. The van der Waals surface area contributed by atoms with E-state index in [0.29, 0.717) is 5.75 Å². The Bertz CT molecular complexity index is 110. The second-order valence-corrected chi connectivity index (χ2v) is 4.42. The first-order chi connectivity index (χ1) is 2.56. The van der Waals surface area contributed by atoms with Crippen molar-refractivity contribution in [2.45, 2.75) is 6.92 Å². The second-order valence-electron chi connectivity index (χ2n) is 1.47. The molecule has 0 radical (unpaired) electrons. The van der Waals surface area contributed by atoms with Gasteiger partial charge >= 0.3 is 0 Å². The topological polar surface area (TPSA) is 17.1 Å². The van der Waals surface area contributed by atoms with Crippen LogP contribution in [-0.4, -0.2) is 22.1 Å². The molecule has 0 aliphatic heterocycles. The molecule has 0 aliphatic carbocycles. The standard InChI is InChI=1S/C4H10OS/c1-4-6(2,3)5/h2,4H2,1,3H3. The van der Waals surface area contributed by atoms with Crippen molar-refractivity contribution in [3.05, 3.63) is 0 Å². The van der Waals surface area contributed by atoms with E-state index in [1.807, 2.05) is 6.92 Å². The molecule has 0 aliphatic rings. The summed E-state index contributed by atoms with van der Waals surface area (Å²) in [4.78, 5) is 0. The van der Waals surface area contributed by atoms with Crippen molar-refractivity contribution < 1.29 is 4.21 Å². The Morgan fingerprint density at radius 3 is 2.00 bits per heavy atom. The molecule has 1 nitrogen and oxygen atoms in total. The zero-order chi connectivity index (χ0) is 5.21. The van der Waals surface area contributed by atoms with Crippen LogP contribution in [0.15, 0.2) is 0 Å². The summed E-state index contributed by atoms with van der Waals surface area (Å²) in [5, 5.41) is 0. The molecule has 0 heterocycles. The van der Waals surface area contributed by atoms with E-state index in [0.717, 1.165) is 0 Å². The monoisotopic (exact) mass is 106 g/mol. The van der Waals surface area contributed by atoms with Crippen molar-refractivity contribution >= 4 is 15.4 Å². The fourth-order valence-electron chi connectivity index (χ4n) is 0. The molecule has 0 bridgehead atoms. The van der Waals surface area contributed by atoms with Gasteiger partial charge in [0.2, 0.25) is 0 Å². The largest absolute Gasteiger partial charge is 0.268 e. The molecule has 0 amide bonds. The Kier molecular flexibility index (Phi) is 1.65. The minimum Gasteiger partial charge on any atom is -0.268 e. The molecule has 0 spiro atoms. The van der Waals surface area contributed by atoms with Crippen LogP contribution in [0.25, 0.3) is 0 Å². The van der Waals surface area contributed by atoms with Gasteiger partial charge < -0.3 is 0 Å². The molecule has 1 atom stereocenters. The van der Waals surface area contributed by atoms with E-state index in [9.17, 15) is 4.21 Å². The lowest BCUT2D eigenvalue weighted by Gasteiger charge is -1.88. The van der Waals surface area contributed by atoms with Crippen LogP contribution in [0.2, 0.25) is 0 Å². The smallest absolute Gasteiger partial charge is 0.0127 e. The maximum absolute atomic E-state index is 10.4. The Labute approximate surface area is 39.4 Å². The minimum absolute atomic E-state index is 0.688. The highest BCUT2D eigenvalue weighted by atomic mass is 32.2. The molecule has 2 heteroatoms. The fourth-order valence-corrected chi connectivity index (χ4v) is 0. The van der Waals surface area contributed by atoms with Gasteiger partial charge in [-0.05, 0) is 15.4 Å². The van der Waals surface area contributed by atoms with Gasteiger partial charge in [0.05, 0.1) is 0 Å². The van der Waals surface area contributed by atoms with Gasteiger partial charge in [-0.15, -0.1) is 0 Å². The molecular formula is C4H10OS. The normalized spacial score (nSPS) is 19.7. The zero-order valence-corrected chi connectivity index (χ0v) is 5.05. The quantitative estimate of drug-likeness (QED) is 0.441. The van der Waals surface area contributed by atoms with Crippen LogP contribution in [0.1, 0.15) is 6.92 Å². The van der Waals surface area contributed by atoms with Crippen LogP contribution >= 0.6 is 0 Å². The van der Waals surface area contributed by atoms with Crippen molar-refractivity contribution in [2.75, 3.05) is 12.0 Å². The molecule has 1 unspecified atom stereocenters. The molecule has 0 rings (SSSR count). The minimum atomic E-state index is -1.66. The summed E-state index contributed by atoms with van der Waals surface area (Å²) in [5.74, 6) is 4.10. The summed E-state index contributed by atoms with van der Waals surface area (Å²) in [6.45, 7) is 1.87. The van der Waals surface area contributed by atoms with E-state index in [-0.39, 0.29) is 0 Å². The Hall–Kier alpha value is 0.0200. The van der Waals surface area contributed by atoms with Crippen molar-refractivity contribution in [2.24, 2.45) is 0 Å². The molecule has 38 valence electrons. The maximum Gasteiger partial charge on any atom is 0.0127 e. The molecule has 0 saturated carbocycles. The van der Waals surface area contributed by atoms with Crippen LogP contribution in [0.5, 0.6) is 0 Å². The van der Waals surface area contributed by atoms with Crippen molar-refractivity contribution in [1.29, 1.82) is 0 Å². The summed E-state index contributed by atoms with van der Waals surface area (Å²) < 4.78 is 10.4. The third kappa shape index (κ3) is 4.02. The highest BCUT2D eigenvalue weighted by Gasteiger charge is 1.82. The van der Waals surface area contributed by atoms with Crippen molar-refractivity contribution in [3.63, 3.8) is 0 Å². The van der Waals surface area contributed by atoms with Crippen LogP contribution in [-0.2, 0) is 9.52 Å². The summed E-state index contributed by atoms with van der Waals surface area (Å²) in [7, 11) is -1.66. The molecule has 0 N–H and O–H groups in total. The number of hydrogen-bond donors (Lipinski definition) is 0. The van der Waals surface area contributed by atoms with Crippen molar-refractivity contribution in [1.82, 2.24) is 0 Å². The molecule has 0 saturated heterocycles. The predicted octanol–water partition coefficient (Wildman–Crippen LogP) is 0.353. The van der Waals surface area contributed by atoms with Crippen LogP contribution in [0.3, 0.4) is 0 Å². The lowest BCUT2D eigenvalue weighted by Crippen LogP contribution is -1.96. The molecule has 0 aromatic carbocycles. The summed E-state index contributed by atoms with van der Waals surface area (Å²) >= 11 is 0. The van der Waals surface area contributed by atoms with Gasteiger partial charge in [0.25, 0.3) is 0 Å². The van der Waals surface area contributed by atoms with Crippen LogP contribution < -0.4 is 0 Å². The fraction of sp³-hybridized carbons (Fsp3) is 0.750. The van der Waals surface area contributed by atoms with E-state index < -0.39 is 9.52 Å². The lowest BCUT2D eigenvalue weighted by molar-refractivity contribution is 0.685. The average molecular weight is 106 g/mol. The second kappa shape index (κ2) is 1.65. The third-order valence-electron chi connectivity index (χ3n) is 0.611. The SMILES string of the molecule is C=S(C)(=O)CC. The first kappa shape index (κ1) is 6.02. The highest BCUT2D eigenvalue weighted by Crippen LogP contribution is 1.75. The van der Waals surface area contributed by atoms with Gasteiger partial charge in [-0.2, -0.15) is 0 Å². The molecule has 0 aromatic heterocycles. The van der Waals surface area contributed by atoms with Gasteiger partial charge in [0, 0.05) is 12.0 Å². The van der Waals surface area contributed by atoms with Crippen molar-refractivity contribution in [3.8, 4) is 0 Å². The Balaban J connectivity index is 3.85. The van der Waals surface area contributed by atoms with E-state index in [4.69, 9.17) is 0 Å². The molecular weight excluding hydrogens is 96.1 g/mol. The summed E-state index contributed by atoms with van der Waals surface area (Å²) in [6.07, 6.45) is 1.66. The first-order valence-corrected chi connectivity index (χ1v) is 4.16. The molecule has 0 fully saturated rings. The van der Waals surface area contributed by atoms with E-state index >= 15 is 0 Å². The third-order valence-corrected chi connectivity index (χ3v) is 1.83. The van der Waals surface area contributed by atoms with Gasteiger partial charge in [0.1, 0.15) is 0 Å². The number of rotatable bonds is 1. The highest BCUT2D eigenvalue weighted by molar-refractivity contribution is 7.99. The predicted molar refractivity (Wildman–Crippen MR) is 31.7 cm³/mol. The molecule has 6 heavy (non-hydrogen) atoms. The van der Waals surface area contributed by atoms with Gasteiger partial charge in [-0.3, -0.25) is 4.21 Å². The van der Waals surface area contributed by atoms with Gasteiger partial charge in [0.15, 0.2) is 0 Å². The van der Waals surface area contributed by atoms with E-state index in [1.54, 1.807) is 6.26 Å². The molecule has 0 aromatic rings. The van der Waals surface area contributed by atoms with E-state index in [1.165, 1.54) is 0 Å². The summed E-state index contributed by atoms with van der Waals surface area (Å²) in [6, 6.07) is 0. The Morgan fingerprint density at radius 2 is 2.00 bits per heavy atom. The Morgan fingerprint density at radius 1 is 1.83 bits per heavy atom. The van der Waals surface area contributed by atoms with E-state index in [2.05, 4.69) is 5.87 Å². The number of hydrogen-bond acceptors (Lipinski definition) is 1.